The Morgan fingerprint density at radius 3 is 2.29 bits per heavy atom. The lowest BCUT2D eigenvalue weighted by atomic mass is 10.0. The Morgan fingerprint density at radius 2 is 1.75 bits per heavy atom. The first-order valence-electron chi connectivity index (χ1n) is 9.79. The van der Waals surface area contributed by atoms with Crippen LogP contribution in [0.3, 0.4) is 0 Å². The van der Waals surface area contributed by atoms with Crippen LogP contribution in [-0.4, -0.2) is 63.4 Å². The highest BCUT2D eigenvalue weighted by molar-refractivity contribution is 7.89. The van der Waals surface area contributed by atoms with Gasteiger partial charge in [0.05, 0.1) is 31.1 Å². The van der Waals surface area contributed by atoms with E-state index >= 15 is 0 Å². The third-order valence-corrected chi connectivity index (χ3v) is 7.10. The number of urea groups is 1. The number of nitrogens with zero attached hydrogens (tertiary/aromatic N) is 1. The van der Waals surface area contributed by atoms with E-state index in [9.17, 15) is 18.0 Å². The lowest BCUT2D eigenvalue weighted by molar-refractivity contribution is -0.895. The molecule has 28 heavy (non-hydrogen) atoms. The number of benzene rings is 1. The monoisotopic (exact) mass is 409 g/mol. The molecular weight excluding hydrogens is 380 g/mol. The minimum Gasteiger partial charge on any atom is -0.335 e. The third kappa shape index (κ3) is 5.30. The fourth-order valence-corrected chi connectivity index (χ4v) is 4.68. The molecule has 1 heterocycles. The van der Waals surface area contributed by atoms with E-state index < -0.39 is 16.1 Å². The average Bonchev–Trinajstić information content (AvgIpc) is 3.45. The van der Waals surface area contributed by atoms with Gasteiger partial charge in [-0.1, -0.05) is 26.0 Å². The number of nitrogens with one attached hydrogen (secondary N) is 3. The molecule has 3 N–H and O–H groups in total. The van der Waals surface area contributed by atoms with Crippen molar-refractivity contribution in [1.82, 2.24) is 14.9 Å². The second-order valence-corrected chi connectivity index (χ2v) is 9.79. The van der Waals surface area contributed by atoms with Crippen LogP contribution in [0.25, 0.3) is 0 Å². The van der Waals surface area contributed by atoms with Gasteiger partial charge in [0, 0.05) is 6.04 Å². The Labute approximate surface area is 166 Å². The third-order valence-electron chi connectivity index (χ3n) is 5.19. The van der Waals surface area contributed by atoms with Crippen molar-refractivity contribution in [2.75, 3.05) is 32.7 Å². The van der Waals surface area contributed by atoms with Crippen molar-refractivity contribution in [2.24, 2.45) is 0 Å². The summed E-state index contributed by atoms with van der Waals surface area (Å²) in [4.78, 5) is 24.9. The van der Waals surface area contributed by atoms with E-state index in [1.807, 2.05) is 12.1 Å². The summed E-state index contributed by atoms with van der Waals surface area (Å²) in [5, 5.41) is 5.05. The van der Waals surface area contributed by atoms with Gasteiger partial charge in [-0.2, -0.15) is 4.31 Å². The maximum Gasteiger partial charge on any atom is 0.321 e. The molecule has 8 nitrogen and oxygen atoms in total. The quantitative estimate of drug-likeness (QED) is 0.600. The Morgan fingerprint density at radius 1 is 1.14 bits per heavy atom. The highest BCUT2D eigenvalue weighted by Crippen LogP contribution is 2.20. The molecule has 1 aliphatic carbocycles. The molecule has 1 saturated carbocycles. The van der Waals surface area contributed by atoms with E-state index in [4.69, 9.17) is 0 Å². The maximum absolute atomic E-state index is 12.8. The maximum atomic E-state index is 12.8. The van der Waals surface area contributed by atoms with Gasteiger partial charge in [-0.05, 0) is 36.5 Å². The second kappa shape index (κ2) is 8.59. The summed E-state index contributed by atoms with van der Waals surface area (Å²) in [6.07, 6.45) is 1.92. The van der Waals surface area contributed by atoms with E-state index in [0.717, 1.165) is 23.3 Å². The zero-order chi connectivity index (χ0) is 20.3. The molecule has 2 aliphatic rings. The first-order chi connectivity index (χ1) is 13.3. The zero-order valence-corrected chi connectivity index (χ0v) is 17.2. The van der Waals surface area contributed by atoms with Gasteiger partial charge in [-0.15, -0.1) is 0 Å². The predicted octanol–water partition coefficient (Wildman–Crippen LogP) is -0.313. The Hall–Kier alpha value is -1.97. The highest BCUT2D eigenvalue weighted by Gasteiger charge is 2.31. The fourth-order valence-electron chi connectivity index (χ4n) is 3.24. The Balaban J connectivity index is 1.49. The van der Waals surface area contributed by atoms with Crippen molar-refractivity contribution in [3.63, 3.8) is 0 Å². The predicted molar refractivity (Wildman–Crippen MR) is 105 cm³/mol. The first kappa shape index (κ1) is 20.8. The Kier molecular flexibility index (Phi) is 6.36. The van der Waals surface area contributed by atoms with Gasteiger partial charge >= 0.3 is 6.03 Å². The molecule has 2 fully saturated rings. The topological polar surface area (TPSA) is 100 Å². The minimum absolute atomic E-state index is 0.162. The van der Waals surface area contributed by atoms with Gasteiger partial charge < -0.3 is 10.2 Å². The van der Waals surface area contributed by atoms with Crippen molar-refractivity contribution in [2.45, 2.75) is 43.5 Å². The molecule has 0 atom stereocenters. The molecule has 0 spiro atoms. The molecule has 1 aromatic carbocycles. The number of hydrogen-bond donors (Lipinski definition) is 3. The van der Waals surface area contributed by atoms with Crippen LogP contribution in [0.5, 0.6) is 0 Å². The summed E-state index contributed by atoms with van der Waals surface area (Å²) in [6.45, 7) is 6.06. The van der Waals surface area contributed by atoms with E-state index in [-0.39, 0.29) is 18.5 Å². The number of imide groups is 1. The Bertz CT molecular complexity index is 811. The van der Waals surface area contributed by atoms with Crippen LogP contribution in [0.1, 0.15) is 38.2 Å². The number of quaternary nitrogens is 1. The molecule has 1 aromatic rings. The second-order valence-electron chi connectivity index (χ2n) is 7.85. The normalized spacial score (nSPS) is 18.8. The van der Waals surface area contributed by atoms with Crippen molar-refractivity contribution in [3.8, 4) is 0 Å². The van der Waals surface area contributed by atoms with Gasteiger partial charge in [0.15, 0.2) is 6.54 Å². The van der Waals surface area contributed by atoms with Crippen LogP contribution in [0.4, 0.5) is 4.79 Å². The van der Waals surface area contributed by atoms with Gasteiger partial charge in [-0.3, -0.25) is 10.1 Å². The van der Waals surface area contributed by atoms with Crippen molar-refractivity contribution in [1.29, 1.82) is 0 Å². The van der Waals surface area contributed by atoms with E-state index in [1.165, 1.54) is 4.31 Å². The number of sulfonamides is 1. The van der Waals surface area contributed by atoms with E-state index in [1.54, 1.807) is 12.1 Å². The molecule has 0 unspecified atom stereocenters. The summed E-state index contributed by atoms with van der Waals surface area (Å²) < 4.78 is 27.1. The van der Waals surface area contributed by atoms with Gasteiger partial charge in [0.2, 0.25) is 10.0 Å². The fraction of sp³-hybridized carbons (Fsp3) is 0.579. The van der Waals surface area contributed by atoms with E-state index in [2.05, 4.69) is 24.5 Å². The molecule has 1 saturated heterocycles. The van der Waals surface area contributed by atoms with Crippen LogP contribution in [-0.2, 0) is 14.8 Å². The molecule has 3 amide bonds. The molecule has 154 valence electrons. The highest BCUT2D eigenvalue weighted by atomic mass is 32.2. The molecule has 0 bridgehead atoms. The van der Waals surface area contributed by atoms with Gasteiger partial charge in [0.25, 0.3) is 5.91 Å². The molecule has 1 aliphatic heterocycles. The zero-order valence-electron chi connectivity index (χ0n) is 16.4. The lowest BCUT2D eigenvalue weighted by Crippen LogP contribution is -3.15. The summed E-state index contributed by atoms with van der Waals surface area (Å²) >= 11 is 0. The van der Waals surface area contributed by atoms with Crippen LogP contribution < -0.4 is 15.5 Å². The SMILES string of the molecule is CC(C)c1ccc(S(=O)(=O)N2CC[NH+](CC(=O)NC(=O)NC3CC3)CC2)cc1. The summed E-state index contributed by atoms with van der Waals surface area (Å²) in [5.41, 5.74) is 1.10. The molecule has 3 rings (SSSR count). The van der Waals surface area contributed by atoms with Crippen molar-refractivity contribution >= 4 is 22.0 Å². The summed E-state index contributed by atoms with van der Waals surface area (Å²) in [6, 6.07) is 6.79. The van der Waals surface area contributed by atoms with E-state index in [0.29, 0.717) is 37.0 Å². The standard InChI is InChI=1S/C19H28N4O4S/c1-14(2)15-3-7-17(8-4-15)28(26,27)23-11-9-22(10-12-23)13-18(24)21-19(25)20-16-5-6-16/h3-4,7-8,14,16H,5-6,9-13H2,1-2H3,(H2,20,21,24,25)/p+1. The number of rotatable bonds is 6. The first-order valence-corrected chi connectivity index (χ1v) is 11.2. The number of piperazine rings is 1. The minimum atomic E-state index is -3.53. The summed E-state index contributed by atoms with van der Waals surface area (Å²) in [7, 11) is -3.53. The van der Waals surface area contributed by atoms with Gasteiger partial charge in [0.1, 0.15) is 0 Å². The van der Waals surface area contributed by atoms with Crippen molar-refractivity contribution < 1.29 is 22.9 Å². The molecule has 0 radical (unpaired) electrons. The van der Waals surface area contributed by atoms with Crippen molar-refractivity contribution in [3.05, 3.63) is 29.8 Å². The number of hydrogen-bond acceptors (Lipinski definition) is 4. The smallest absolute Gasteiger partial charge is 0.321 e. The average molecular weight is 410 g/mol. The number of carbonyl (C=O) groups excluding carboxylic acids is 2. The van der Waals surface area contributed by atoms with Crippen LogP contribution in [0.2, 0.25) is 0 Å². The largest absolute Gasteiger partial charge is 0.335 e. The van der Waals surface area contributed by atoms with Crippen LogP contribution >= 0.6 is 0 Å². The lowest BCUT2D eigenvalue weighted by Gasteiger charge is -2.31. The molecule has 0 aromatic heterocycles. The number of carbonyl (C=O) groups is 2. The molecule has 9 heteroatoms. The van der Waals surface area contributed by atoms with Gasteiger partial charge in [-0.25, -0.2) is 13.2 Å². The summed E-state index contributed by atoms with van der Waals surface area (Å²) in [5.74, 6) is 0.00938. The van der Waals surface area contributed by atoms with Crippen LogP contribution in [0.15, 0.2) is 29.2 Å². The van der Waals surface area contributed by atoms with Crippen LogP contribution in [0, 0.1) is 0 Å². The number of amides is 3. The molecular formula is C19H29N4O4S+.